The second-order valence-electron chi connectivity index (χ2n) is 6.52. The summed E-state index contributed by atoms with van der Waals surface area (Å²) in [7, 11) is 4.93. The summed E-state index contributed by atoms with van der Waals surface area (Å²) in [5.74, 6) is 2.28. The van der Waals surface area contributed by atoms with Crippen LogP contribution in [0.1, 0.15) is 24.4 Å². The fourth-order valence-electron chi connectivity index (χ4n) is 3.55. The summed E-state index contributed by atoms with van der Waals surface area (Å²) in [4.78, 5) is 14.8. The van der Waals surface area contributed by atoms with E-state index in [4.69, 9.17) is 14.2 Å². The number of carbonyl (C=O) groups excluding carboxylic acids is 1. The number of methoxy groups -OCH3 is 3. The molecule has 1 fully saturated rings. The fourth-order valence-corrected chi connectivity index (χ4v) is 3.55. The van der Waals surface area contributed by atoms with Gasteiger partial charge >= 0.3 is 0 Å². The SMILES string of the molecule is COc1cccc(NC(=O)CN2CCC[C@@H]2c2cc(OC)ccc2OC)c1. The van der Waals surface area contributed by atoms with Crippen LogP contribution in [0, 0.1) is 0 Å². The Bertz CT molecular complexity index is 794. The molecule has 144 valence electrons. The van der Waals surface area contributed by atoms with Gasteiger partial charge in [-0.25, -0.2) is 0 Å². The number of nitrogens with zero attached hydrogens (tertiary/aromatic N) is 1. The lowest BCUT2D eigenvalue weighted by molar-refractivity contribution is -0.117. The fraction of sp³-hybridized carbons (Fsp3) is 0.381. The first-order valence-electron chi connectivity index (χ1n) is 9.04. The highest BCUT2D eigenvalue weighted by Crippen LogP contribution is 2.38. The number of nitrogens with one attached hydrogen (secondary N) is 1. The lowest BCUT2D eigenvalue weighted by Gasteiger charge is -2.26. The van der Waals surface area contributed by atoms with Gasteiger partial charge in [0.15, 0.2) is 0 Å². The maximum absolute atomic E-state index is 12.6. The highest BCUT2D eigenvalue weighted by atomic mass is 16.5. The number of benzene rings is 2. The molecule has 6 nitrogen and oxygen atoms in total. The molecular weight excluding hydrogens is 344 g/mol. The van der Waals surface area contributed by atoms with Crippen molar-refractivity contribution in [3.05, 3.63) is 48.0 Å². The van der Waals surface area contributed by atoms with Gasteiger partial charge in [0.1, 0.15) is 17.2 Å². The third kappa shape index (κ3) is 4.52. The van der Waals surface area contributed by atoms with Gasteiger partial charge < -0.3 is 19.5 Å². The molecule has 1 saturated heterocycles. The van der Waals surface area contributed by atoms with Crippen molar-refractivity contribution >= 4 is 11.6 Å². The van der Waals surface area contributed by atoms with Crippen LogP contribution >= 0.6 is 0 Å². The standard InChI is InChI=1S/C21H26N2O4/c1-25-16-7-4-6-15(12-16)22-21(24)14-23-11-5-8-19(23)18-13-17(26-2)9-10-20(18)27-3/h4,6-7,9-10,12-13,19H,5,8,11,14H2,1-3H3,(H,22,24)/t19-/m1/s1. The zero-order chi connectivity index (χ0) is 19.2. The van der Waals surface area contributed by atoms with E-state index in [1.165, 1.54) is 0 Å². The van der Waals surface area contributed by atoms with Crippen LogP contribution in [-0.2, 0) is 4.79 Å². The number of hydrogen-bond donors (Lipinski definition) is 1. The first-order valence-corrected chi connectivity index (χ1v) is 9.04. The van der Waals surface area contributed by atoms with E-state index >= 15 is 0 Å². The number of ether oxygens (including phenoxy) is 3. The Hall–Kier alpha value is -2.73. The largest absolute Gasteiger partial charge is 0.497 e. The Labute approximate surface area is 160 Å². The molecule has 0 saturated carbocycles. The van der Waals surface area contributed by atoms with Gasteiger partial charge in [-0.2, -0.15) is 0 Å². The Morgan fingerprint density at radius 1 is 1.07 bits per heavy atom. The molecule has 27 heavy (non-hydrogen) atoms. The van der Waals surface area contributed by atoms with Gasteiger partial charge in [-0.3, -0.25) is 9.69 Å². The van der Waals surface area contributed by atoms with Gasteiger partial charge in [-0.05, 0) is 49.7 Å². The average molecular weight is 370 g/mol. The van der Waals surface area contributed by atoms with Crippen molar-refractivity contribution in [3.63, 3.8) is 0 Å². The molecule has 6 heteroatoms. The molecular formula is C21H26N2O4. The molecule has 1 amide bonds. The topological polar surface area (TPSA) is 60.0 Å². The molecule has 0 radical (unpaired) electrons. The molecule has 1 aliphatic heterocycles. The normalized spacial score (nSPS) is 16.8. The number of hydrogen-bond acceptors (Lipinski definition) is 5. The second kappa shape index (κ2) is 8.77. The molecule has 1 aliphatic rings. The quantitative estimate of drug-likeness (QED) is 0.808. The summed E-state index contributed by atoms with van der Waals surface area (Å²) in [6, 6.07) is 13.3. The van der Waals surface area contributed by atoms with Crippen LogP contribution in [0.25, 0.3) is 0 Å². The minimum atomic E-state index is -0.0444. The molecule has 1 N–H and O–H groups in total. The van der Waals surface area contributed by atoms with Crippen LogP contribution < -0.4 is 19.5 Å². The summed E-state index contributed by atoms with van der Waals surface area (Å²) >= 11 is 0. The van der Waals surface area contributed by atoms with Crippen molar-refractivity contribution in [3.8, 4) is 17.2 Å². The third-order valence-corrected chi connectivity index (χ3v) is 4.86. The molecule has 2 aromatic carbocycles. The average Bonchev–Trinajstić information content (AvgIpc) is 3.15. The zero-order valence-corrected chi connectivity index (χ0v) is 16.0. The Morgan fingerprint density at radius 2 is 1.85 bits per heavy atom. The second-order valence-corrected chi connectivity index (χ2v) is 6.52. The highest BCUT2D eigenvalue weighted by Gasteiger charge is 2.30. The maximum Gasteiger partial charge on any atom is 0.238 e. The van der Waals surface area contributed by atoms with Crippen molar-refractivity contribution < 1.29 is 19.0 Å². The first-order chi connectivity index (χ1) is 13.1. The molecule has 0 aromatic heterocycles. The molecule has 3 rings (SSSR count). The van der Waals surface area contributed by atoms with E-state index in [0.717, 1.165) is 42.1 Å². The van der Waals surface area contributed by atoms with Crippen molar-refractivity contribution in [1.82, 2.24) is 4.90 Å². The summed E-state index contributed by atoms with van der Waals surface area (Å²) in [6.45, 7) is 1.19. The maximum atomic E-state index is 12.6. The number of anilines is 1. The van der Waals surface area contributed by atoms with Gasteiger partial charge in [-0.15, -0.1) is 0 Å². The molecule has 0 aliphatic carbocycles. The van der Waals surface area contributed by atoms with E-state index in [9.17, 15) is 4.79 Å². The smallest absolute Gasteiger partial charge is 0.238 e. The van der Waals surface area contributed by atoms with Crippen molar-refractivity contribution in [1.29, 1.82) is 0 Å². The molecule has 0 spiro atoms. The Balaban J connectivity index is 1.72. The van der Waals surface area contributed by atoms with Gasteiger partial charge in [0.25, 0.3) is 0 Å². The summed E-state index contributed by atoms with van der Waals surface area (Å²) in [5.41, 5.74) is 1.79. The predicted octanol–water partition coefficient (Wildman–Crippen LogP) is 3.49. The van der Waals surface area contributed by atoms with Gasteiger partial charge in [-0.1, -0.05) is 6.07 Å². The molecule has 1 atom stereocenters. The summed E-state index contributed by atoms with van der Waals surface area (Å²) in [5, 5.41) is 2.95. The molecule has 0 bridgehead atoms. The van der Waals surface area contributed by atoms with Crippen molar-refractivity contribution in [2.24, 2.45) is 0 Å². The summed E-state index contributed by atoms with van der Waals surface area (Å²) in [6.07, 6.45) is 2.02. The lowest BCUT2D eigenvalue weighted by Crippen LogP contribution is -2.33. The lowest BCUT2D eigenvalue weighted by atomic mass is 10.0. The summed E-state index contributed by atoms with van der Waals surface area (Å²) < 4.78 is 16.1. The first kappa shape index (κ1) is 19.0. The van der Waals surface area contributed by atoms with E-state index in [-0.39, 0.29) is 11.9 Å². The third-order valence-electron chi connectivity index (χ3n) is 4.86. The van der Waals surface area contributed by atoms with Crippen molar-refractivity contribution in [2.45, 2.75) is 18.9 Å². The minimum Gasteiger partial charge on any atom is -0.497 e. The number of likely N-dealkylation sites (tertiary alicyclic amines) is 1. The van der Waals surface area contributed by atoms with Crippen LogP contribution in [0.5, 0.6) is 17.2 Å². The molecule has 2 aromatic rings. The van der Waals surface area contributed by atoms with Crippen LogP contribution in [0.15, 0.2) is 42.5 Å². The minimum absolute atomic E-state index is 0.0444. The van der Waals surface area contributed by atoms with E-state index in [0.29, 0.717) is 12.3 Å². The predicted molar refractivity (Wildman–Crippen MR) is 105 cm³/mol. The van der Waals surface area contributed by atoms with Crippen molar-refractivity contribution in [2.75, 3.05) is 39.7 Å². The van der Waals surface area contributed by atoms with E-state index < -0.39 is 0 Å². The Kier molecular flexibility index (Phi) is 6.19. The number of rotatable bonds is 7. The number of amides is 1. The zero-order valence-electron chi connectivity index (χ0n) is 16.0. The van der Waals surface area contributed by atoms with Crippen LogP contribution in [-0.4, -0.2) is 45.2 Å². The van der Waals surface area contributed by atoms with E-state index in [1.54, 1.807) is 21.3 Å². The van der Waals surface area contributed by atoms with E-state index in [2.05, 4.69) is 10.2 Å². The monoisotopic (exact) mass is 370 g/mol. The van der Waals surface area contributed by atoms with Crippen LogP contribution in [0.3, 0.4) is 0 Å². The van der Waals surface area contributed by atoms with Crippen LogP contribution in [0.2, 0.25) is 0 Å². The number of carbonyl (C=O) groups is 1. The molecule has 1 heterocycles. The van der Waals surface area contributed by atoms with Crippen LogP contribution in [0.4, 0.5) is 5.69 Å². The Morgan fingerprint density at radius 3 is 2.59 bits per heavy atom. The van der Waals surface area contributed by atoms with Gasteiger partial charge in [0.2, 0.25) is 5.91 Å². The van der Waals surface area contributed by atoms with E-state index in [1.807, 2.05) is 42.5 Å². The van der Waals surface area contributed by atoms with Gasteiger partial charge in [0, 0.05) is 23.4 Å². The molecule has 0 unspecified atom stereocenters. The van der Waals surface area contributed by atoms with Gasteiger partial charge in [0.05, 0.1) is 27.9 Å². The highest BCUT2D eigenvalue weighted by molar-refractivity contribution is 5.92.